The zero-order valence-corrected chi connectivity index (χ0v) is 13.2. The van der Waals surface area contributed by atoms with Crippen LogP contribution in [0.4, 0.5) is 0 Å². The number of hydrogen-bond donors (Lipinski definition) is 2. The molecule has 0 heterocycles. The Bertz CT molecular complexity index is 549. The van der Waals surface area contributed by atoms with Crippen molar-refractivity contribution in [3.63, 3.8) is 0 Å². The molecule has 0 aliphatic heterocycles. The Morgan fingerprint density at radius 3 is 2.43 bits per heavy atom. The number of nitrogens with one attached hydrogen (secondary N) is 1. The zero-order valence-electron chi connectivity index (χ0n) is 13.2. The van der Waals surface area contributed by atoms with Crippen molar-refractivity contribution in [1.82, 2.24) is 10.2 Å². The molecular formula is C18H27N3. The first-order valence-corrected chi connectivity index (χ1v) is 7.93. The summed E-state index contributed by atoms with van der Waals surface area (Å²) in [5.74, 6) is 0. The summed E-state index contributed by atoms with van der Waals surface area (Å²) in [6, 6.07) is 15.3. The van der Waals surface area contributed by atoms with Gasteiger partial charge in [0.2, 0.25) is 0 Å². The zero-order chi connectivity index (χ0) is 15.1. The number of fused-ring (bicyclic) bond motifs is 1. The van der Waals surface area contributed by atoms with Crippen LogP contribution in [0.1, 0.15) is 25.5 Å². The van der Waals surface area contributed by atoms with E-state index >= 15 is 0 Å². The summed E-state index contributed by atoms with van der Waals surface area (Å²) in [5, 5.41) is 6.14. The van der Waals surface area contributed by atoms with Crippen molar-refractivity contribution in [2.75, 3.05) is 32.7 Å². The van der Waals surface area contributed by atoms with Gasteiger partial charge in [-0.2, -0.15) is 0 Å². The van der Waals surface area contributed by atoms with E-state index in [0.29, 0.717) is 6.54 Å². The second-order valence-corrected chi connectivity index (χ2v) is 5.38. The van der Waals surface area contributed by atoms with Crippen LogP contribution in [0.2, 0.25) is 0 Å². The van der Waals surface area contributed by atoms with Gasteiger partial charge in [0, 0.05) is 25.7 Å². The average Bonchev–Trinajstić information content (AvgIpc) is 2.55. The molecule has 0 aromatic heterocycles. The van der Waals surface area contributed by atoms with Crippen LogP contribution in [0.25, 0.3) is 10.8 Å². The standard InChI is InChI=1S/C18H27N3/c1-3-21(4-2)12-11-20-18(14-19)17-10-9-15-7-5-6-8-16(15)13-17/h5-10,13,18,20H,3-4,11-12,14,19H2,1-2H3. The second kappa shape index (κ2) is 8.13. The highest BCUT2D eigenvalue weighted by Crippen LogP contribution is 2.19. The van der Waals surface area contributed by atoms with Crippen LogP contribution in [0.5, 0.6) is 0 Å². The molecule has 3 heteroatoms. The molecule has 114 valence electrons. The van der Waals surface area contributed by atoms with E-state index in [1.54, 1.807) is 0 Å². The van der Waals surface area contributed by atoms with Gasteiger partial charge in [0.15, 0.2) is 0 Å². The predicted molar refractivity (Wildman–Crippen MR) is 91.5 cm³/mol. The van der Waals surface area contributed by atoms with E-state index in [0.717, 1.165) is 26.2 Å². The van der Waals surface area contributed by atoms with Crippen molar-refractivity contribution in [3.05, 3.63) is 48.0 Å². The van der Waals surface area contributed by atoms with Crippen LogP contribution >= 0.6 is 0 Å². The molecule has 3 nitrogen and oxygen atoms in total. The smallest absolute Gasteiger partial charge is 0.0445 e. The summed E-state index contributed by atoms with van der Waals surface area (Å²) in [6.07, 6.45) is 0. The molecule has 1 unspecified atom stereocenters. The first-order valence-electron chi connectivity index (χ1n) is 7.93. The van der Waals surface area contributed by atoms with E-state index in [4.69, 9.17) is 5.73 Å². The summed E-state index contributed by atoms with van der Waals surface area (Å²) in [6.45, 7) is 9.26. The lowest BCUT2D eigenvalue weighted by molar-refractivity contribution is 0.297. The number of likely N-dealkylation sites (N-methyl/N-ethyl adjacent to an activating group) is 1. The lowest BCUT2D eigenvalue weighted by atomic mass is 10.0. The predicted octanol–water partition coefficient (Wildman–Crippen LogP) is 2.77. The van der Waals surface area contributed by atoms with Crippen LogP contribution < -0.4 is 11.1 Å². The average molecular weight is 285 g/mol. The van der Waals surface area contributed by atoms with Gasteiger partial charge < -0.3 is 16.0 Å². The number of hydrogen-bond acceptors (Lipinski definition) is 3. The van der Waals surface area contributed by atoms with Gasteiger partial charge in [-0.3, -0.25) is 0 Å². The molecule has 0 saturated carbocycles. The third-order valence-electron chi connectivity index (χ3n) is 4.12. The molecule has 3 N–H and O–H groups in total. The van der Waals surface area contributed by atoms with Crippen LogP contribution in [0.15, 0.2) is 42.5 Å². The Morgan fingerprint density at radius 2 is 1.76 bits per heavy atom. The second-order valence-electron chi connectivity index (χ2n) is 5.38. The molecule has 0 aliphatic rings. The van der Waals surface area contributed by atoms with Gasteiger partial charge in [-0.15, -0.1) is 0 Å². The fraction of sp³-hybridized carbons (Fsp3) is 0.444. The molecular weight excluding hydrogens is 258 g/mol. The molecule has 0 amide bonds. The molecule has 0 fully saturated rings. The highest BCUT2D eigenvalue weighted by atomic mass is 15.1. The van der Waals surface area contributed by atoms with Gasteiger partial charge in [0.05, 0.1) is 0 Å². The van der Waals surface area contributed by atoms with Crippen molar-refractivity contribution >= 4 is 10.8 Å². The summed E-state index contributed by atoms with van der Waals surface area (Å²) in [4.78, 5) is 2.42. The Labute approximate surface area is 128 Å². The quantitative estimate of drug-likeness (QED) is 0.783. The fourth-order valence-electron chi connectivity index (χ4n) is 2.70. The van der Waals surface area contributed by atoms with Crippen molar-refractivity contribution in [2.24, 2.45) is 5.73 Å². The molecule has 0 bridgehead atoms. The topological polar surface area (TPSA) is 41.3 Å². The first-order chi connectivity index (χ1) is 10.3. The number of benzene rings is 2. The maximum atomic E-state index is 5.95. The number of nitrogens with two attached hydrogens (primary N) is 1. The molecule has 0 radical (unpaired) electrons. The van der Waals surface area contributed by atoms with Crippen molar-refractivity contribution < 1.29 is 0 Å². The Morgan fingerprint density at radius 1 is 1.05 bits per heavy atom. The Kier molecular flexibility index (Phi) is 6.18. The first kappa shape index (κ1) is 16.0. The van der Waals surface area contributed by atoms with Gasteiger partial charge in [-0.25, -0.2) is 0 Å². The van der Waals surface area contributed by atoms with Crippen molar-refractivity contribution in [3.8, 4) is 0 Å². The highest BCUT2D eigenvalue weighted by molar-refractivity contribution is 5.83. The van der Waals surface area contributed by atoms with Crippen LogP contribution in [-0.4, -0.2) is 37.6 Å². The van der Waals surface area contributed by atoms with E-state index < -0.39 is 0 Å². The van der Waals surface area contributed by atoms with E-state index in [9.17, 15) is 0 Å². The van der Waals surface area contributed by atoms with Gasteiger partial charge in [-0.05, 0) is 35.5 Å². The van der Waals surface area contributed by atoms with E-state index in [-0.39, 0.29) is 6.04 Å². The SMILES string of the molecule is CCN(CC)CCNC(CN)c1ccc2ccccc2c1. The third kappa shape index (κ3) is 4.27. The Hall–Kier alpha value is -1.42. The van der Waals surface area contributed by atoms with Crippen molar-refractivity contribution in [1.29, 1.82) is 0 Å². The molecule has 21 heavy (non-hydrogen) atoms. The molecule has 0 aliphatic carbocycles. The van der Waals surface area contributed by atoms with E-state index in [1.807, 2.05) is 0 Å². The van der Waals surface area contributed by atoms with Gasteiger partial charge in [-0.1, -0.05) is 50.2 Å². The van der Waals surface area contributed by atoms with E-state index in [2.05, 4.69) is 66.5 Å². The van der Waals surface area contributed by atoms with Gasteiger partial charge >= 0.3 is 0 Å². The Balaban J connectivity index is 2.01. The minimum absolute atomic E-state index is 0.227. The largest absolute Gasteiger partial charge is 0.329 e. The van der Waals surface area contributed by atoms with Crippen LogP contribution in [0.3, 0.4) is 0 Å². The molecule has 2 rings (SSSR count). The van der Waals surface area contributed by atoms with Gasteiger partial charge in [0.25, 0.3) is 0 Å². The number of nitrogens with zero attached hydrogens (tertiary/aromatic N) is 1. The lowest BCUT2D eigenvalue weighted by Crippen LogP contribution is -2.36. The summed E-state index contributed by atoms with van der Waals surface area (Å²) < 4.78 is 0. The third-order valence-corrected chi connectivity index (χ3v) is 4.12. The van der Waals surface area contributed by atoms with Crippen LogP contribution in [-0.2, 0) is 0 Å². The normalized spacial score (nSPS) is 13.0. The van der Waals surface area contributed by atoms with Crippen molar-refractivity contribution in [2.45, 2.75) is 19.9 Å². The molecule has 0 saturated heterocycles. The monoisotopic (exact) mass is 285 g/mol. The highest BCUT2D eigenvalue weighted by Gasteiger charge is 2.10. The van der Waals surface area contributed by atoms with Crippen LogP contribution in [0, 0.1) is 0 Å². The molecule has 1 atom stereocenters. The fourth-order valence-corrected chi connectivity index (χ4v) is 2.70. The number of rotatable bonds is 8. The summed E-state index contributed by atoms with van der Waals surface area (Å²) in [5.41, 5.74) is 7.23. The minimum atomic E-state index is 0.227. The summed E-state index contributed by atoms with van der Waals surface area (Å²) in [7, 11) is 0. The summed E-state index contributed by atoms with van der Waals surface area (Å²) >= 11 is 0. The molecule has 2 aromatic rings. The van der Waals surface area contributed by atoms with Gasteiger partial charge in [0.1, 0.15) is 0 Å². The molecule has 2 aromatic carbocycles. The molecule has 0 spiro atoms. The maximum absolute atomic E-state index is 5.95. The minimum Gasteiger partial charge on any atom is -0.329 e. The lowest BCUT2D eigenvalue weighted by Gasteiger charge is -2.22. The maximum Gasteiger partial charge on any atom is 0.0445 e. The van der Waals surface area contributed by atoms with E-state index in [1.165, 1.54) is 16.3 Å².